The predicted octanol–water partition coefficient (Wildman–Crippen LogP) is 2.36. The van der Waals surface area contributed by atoms with Gasteiger partial charge in [-0.05, 0) is 24.3 Å². The molecule has 1 aromatic rings. The van der Waals surface area contributed by atoms with Crippen molar-refractivity contribution in [2.24, 2.45) is 0 Å². The van der Waals surface area contributed by atoms with Crippen molar-refractivity contribution in [3.63, 3.8) is 0 Å². The van der Waals surface area contributed by atoms with Crippen LogP contribution in [0.4, 0.5) is 5.69 Å². The molecular weight excluding hydrogens is 234 g/mol. The number of hydrogen-bond acceptors (Lipinski definition) is 2. The molecule has 1 aromatic carbocycles. The van der Waals surface area contributed by atoms with Gasteiger partial charge >= 0.3 is 0 Å². The van der Waals surface area contributed by atoms with Gasteiger partial charge in [-0.3, -0.25) is 4.79 Å². The molecule has 0 radical (unpaired) electrons. The third kappa shape index (κ3) is 2.45. The van der Waals surface area contributed by atoms with Crippen LogP contribution in [0.2, 0.25) is 0 Å². The summed E-state index contributed by atoms with van der Waals surface area (Å²) in [6.45, 7) is 1.49. The van der Waals surface area contributed by atoms with Gasteiger partial charge < -0.3 is 4.74 Å². The number of ether oxygens (including phenoxy) is 1. The SMILES string of the molecule is COc1ccc(N(Br)C(C)=O)cc1. The third-order valence-corrected chi connectivity index (χ3v) is 2.48. The van der Waals surface area contributed by atoms with Crippen LogP contribution in [0.3, 0.4) is 0 Å². The summed E-state index contributed by atoms with van der Waals surface area (Å²) in [6.07, 6.45) is 0. The van der Waals surface area contributed by atoms with Crippen LogP contribution >= 0.6 is 16.1 Å². The number of amides is 1. The topological polar surface area (TPSA) is 29.5 Å². The molecule has 0 saturated heterocycles. The second-order valence-electron chi connectivity index (χ2n) is 2.50. The number of carbonyl (C=O) groups is 1. The maximum absolute atomic E-state index is 10.9. The highest BCUT2D eigenvalue weighted by molar-refractivity contribution is 9.10. The summed E-state index contributed by atoms with van der Waals surface area (Å²) in [5, 5.41) is 0. The Balaban J connectivity index is 2.85. The summed E-state index contributed by atoms with van der Waals surface area (Å²) in [5.41, 5.74) is 0.785. The molecule has 0 N–H and O–H groups in total. The monoisotopic (exact) mass is 243 g/mol. The van der Waals surface area contributed by atoms with Gasteiger partial charge in [0.2, 0.25) is 5.91 Å². The fourth-order valence-corrected chi connectivity index (χ4v) is 1.13. The summed E-state index contributed by atoms with van der Waals surface area (Å²) in [5.74, 6) is 0.707. The van der Waals surface area contributed by atoms with E-state index in [1.807, 2.05) is 0 Å². The summed E-state index contributed by atoms with van der Waals surface area (Å²) < 4.78 is 6.39. The van der Waals surface area contributed by atoms with Crippen LogP contribution in [0.15, 0.2) is 24.3 Å². The first-order valence-electron chi connectivity index (χ1n) is 3.75. The van der Waals surface area contributed by atoms with Gasteiger partial charge in [-0.25, -0.2) is 3.93 Å². The molecule has 0 aliphatic heterocycles. The number of rotatable bonds is 2. The number of anilines is 1. The van der Waals surface area contributed by atoms with Gasteiger partial charge in [0.15, 0.2) is 0 Å². The van der Waals surface area contributed by atoms with Crippen LogP contribution in [-0.4, -0.2) is 13.0 Å². The van der Waals surface area contributed by atoms with Crippen molar-refractivity contribution in [3.05, 3.63) is 24.3 Å². The van der Waals surface area contributed by atoms with E-state index in [2.05, 4.69) is 16.1 Å². The van der Waals surface area contributed by atoms with E-state index in [0.29, 0.717) is 0 Å². The number of carbonyl (C=O) groups excluding carboxylic acids is 1. The quantitative estimate of drug-likeness (QED) is 0.747. The van der Waals surface area contributed by atoms with Crippen molar-refractivity contribution in [2.75, 3.05) is 11.0 Å². The number of methoxy groups -OCH3 is 1. The lowest BCUT2D eigenvalue weighted by Crippen LogP contribution is -2.15. The van der Waals surface area contributed by atoms with Crippen LogP contribution in [0, 0.1) is 0 Å². The minimum Gasteiger partial charge on any atom is -0.497 e. The second-order valence-corrected chi connectivity index (χ2v) is 3.21. The van der Waals surface area contributed by atoms with Crippen LogP contribution in [0.5, 0.6) is 5.75 Å². The zero-order chi connectivity index (χ0) is 9.84. The van der Waals surface area contributed by atoms with Gasteiger partial charge in [-0.2, -0.15) is 0 Å². The highest BCUT2D eigenvalue weighted by atomic mass is 79.9. The van der Waals surface area contributed by atoms with E-state index in [1.54, 1.807) is 31.4 Å². The van der Waals surface area contributed by atoms with Gasteiger partial charge in [-0.15, -0.1) is 0 Å². The van der Waals surface area contributed by atoms with E-state index in [-0.39, 0.29) is 5.91 Å². The molecule has 0 saturated carbocycles. The summed E-state index contributed by atoms with van der Waals surface area (Å²) >= 11 is 3.14. The molecule has 0 spiro atoms. The molecule has 0 bridgehead atoms. The minimum absolute atomic E-state index is 0.0647. The first-order valence-corrected chi connectivity index (χ1v) is 4.46. The Bertz CT molecular complexity index is 297. The van der Waals surface area contributed by atoms with Gasteiger partial charge in [0.05, 0.1) is 28.9 Å². The molecule has 4 heteroatoms. The fourth-order valence-electron chi connectivity index (χ4n) is 0.895. The van der Waals surface area contributed by atoms with E-state index in [0.717, 1.165) is 11.4 Å². The minimum atomic E-state index is -0.0647. The highest BCUT2D eigenvalue weighted by Crippen LogP contribution is 2.21. The van der Waals surface area contributed by atoms with Crippen molar-refractivity contribution in [1.29, 1.82) is 0 Å². The van der Waals surface area contributed by atoms with Crippen LogP contribution in [0.1, 0.15) is 6.92 Å². The van der Waals surface area contributed by atoms with Crippen molar-refractivity contribution in [3.8, 4) is 5.75 Å². The summed E-state index contributed by atoms with van der Waals surface area (Å²) in [4.78, 5) is 10.9. The first-order chi connectivity index (χ1) is 6.15. The van der Waals surface area contributed by atoms with Crippen molar-refractivity contribution >= 4 is 27.7 Å². The molecular formula is C9H10BrNO2. The standard InChI is InChI=1S/C9H10BrNO2/c1-7(12)11(10)8-3-5-9(13-2)6-4-8/h3-6H,1-2H3. The summed E-state index contributed by atoms with van der Waals surface area (Å²) in [7, 11) is 1.60. The first kappa shape index (κ1) is 10.1. The molecule has 70 valence electrons. The van der Waals surface area contributed by atoms with Crippen molar-refractivity contribution in [2.45, 2.75) is 6.92 Å². The molecule has 0 fully saturated rings. The molecule has 0 aliphatic carbocycles. The zero-order valence-corrected chi connectivity index (χ0v) is 9.04. The molecule has 13 heavy (non-hydrogen) atoms. The largest absolute Gasteiger partial charge is 0.497 e. The normalized spacial score (nSPS) is 9.46. The maximum atomic E-state index is 10.9. The molecule has 0 aromatic heterocycles. The Labute approximate surface area is 85.6 Å². The van der Waals surface area contributed by atoms with Crippen LogP contribution in [-0.2, 0) is 4.79 Å². The van der Waals surface area contributed by atoms with E-state index in [4.69, 9.17) is 4.74 Å². The average Bonchev–Trinajstić information content (AvgIpc) is 2.17. The highest BCUT2D eigenvalue weighted by Gasteiger charge is 2.06. The Morgan fingerprint density at radius 2 is 1.92 bits per heavy atom. The number of benzene rings is 1. The Morgan fingerprint density at radius 3 is 2.31 bits per heavy atom. The van der Waals surface area contributed by atoms with E-state index in [1.165, 1.54) is 10.8 Å². The molecule has 1 rings (SSSR count). The van der Waals surface area contributed by atoms with Crippen LogP contribution in [0.25, 0.3) is 0 Å². The third-order valence-electron chi connectivity index (χ3n) is 1.58. The average molecular weight is 244 g/mol. The predicted molar refractivity (Wildman–Crippen MR) is 55.1 cm³/mol. The van der Waals surface area contributed by atoms with Gasteiger partial charge in [0.25, 0.3) is 0 Å². The fraction of sp³-hybridized carbons (Fsp3) is 0.222. The van der Waals surface area contributed by atoms with Gasteiger partial charge in [0, 0.05) is 6.92 Å². The van der Waals surface area contributed by atoms with Gasteiger partial charge in [0.1, 0.15) is 5.75 Å². The van der Waals surface area contributed by atoms with Crippen molar-refractivity contribution < 1.29 is 9.53 Å². The molecule has 1 amide bonds. The number of hydrogen-bond donors (Lipinski definition) is 0. The van der Waals surface area contributed by atoms with Crippen LogP contribution < -0.4 is 8.66 Å². The lowest BCUT2D eigenvalue weighted by molar-refractivity contribution is -0.115. The Kier molecular flexibility index (Phi) is 3.31. The smallest absolute Gasteiger partial charge is 0.233 e. The second kappa shape index (κ2) is 4.28. The lowest BCUT2D eigenvalue weighted by Gasteiger charge is -2.11. The Morgan fingerprint density at radius 1 is 1.38 bits per heavy atom. The molecule has 0 unspecified atom stereocenters. The molecule has 0 heterocycles. The lowest BCUT2D eigenvalue weighted by atomic mass is 10.3. The number of nitrogens with zero attached hydrogens (tertiary/aromatic N) is 1. The zero-order valence-electron chi connectivity index (χ0n) is 7.45. The van der Waals surface area contributed by atoms with Gasteiger partial charge in [-0.1, -0.05) is 0 Å². The molecule has 0 atom stereocenters. The Hall–Kier alpha value is -1.03. The van der Waals surface area contributed by atoms with Crippen molar-refractivity contribution in [1.82, 2.24) is 0 Å². The van der Waals surface area contributed by atoms with E-state index < -0.39 is 0 Å². The summed E-state index contributed by atoms with van der Waals surface area (Å²) in [6, 6.07) is 7.20. The number of halogens is 1. The molecule has 3 nitrogen and oxygen atoms in total. The molecule has 0 aliphatic rings. The maximum Gasteiger partial charge on any atom is 0.233 e. The van der Waals surface area contributed by atoms with E-state index >= 15 is 0 Å². The van der Waals surface area contributed by atoms with E-state index in [9.17, 15) is 4.79 Å².